The molecule has 1 aliphatic carbocycles. The van der Waals surface area contributed by atoms with E-state index in [1.807, 2.05) is 19.3 Å². The van der Waals surface area contributed by atoms with Gasteiger partial charge in [-0.2, -0.15) is 0 Å². The van der Waals surface area contributed by atoms with Crippen molar-refractivity contribution >= 4 is 26.7 Å². The quantitative estimate of drug-likeness (QED) is 0.676. The number of ether oxygens (including phenoxy) is 1. The number of aryl methyl sites for hydroxylation is 1. The fourth-order valence-electron chi connectivity index (χ4n) is 3.79. The molecule has 0 unspecified atom stereocenters. The lowest BCUT2D eigenvalue weighted by Gasteiger charge is -2.41. The first-order chi connectivity index (χ1) is 13.4. The number of methoxy groups -OCH3 is 1. The molecule has 0 aliphatic heterocycles. The van der Waals surface area contributed by atoms with Gasteiger partial charge in [-0.05, 0) is 31.7 Å². The molecule has 0 spiro atoms. The smallest absolute Gasteiger partial charge is 0.180 e. The maximum Gasteiger partial charge on any atom is 0.180 e. The van der Waals surface area contributed by atoms with E-state index in [0.717, 1.165) is 29.7 Å². The fraction of sp³-hybridized carbons (Fsp3) is 0.421. The number of anilines is 1. The zero-order valence-corrected chi connectivity index (χ0v) is 16.9. The van der Waals surface area contributed by atoms with Crippen molar-refractivity contribution in [2.24, 2.45) is 5.92 Å². The van der Waals surface area contributed by atoms with Gasteiger partial charge in [-0.3, -0.25) is 4.98 Å². The van der Waals surface area contributed by atoms with Crippen LogP contribution in [0.3, 0.4) is 0 Å². The van der Waals surface area contributed by atoms with E-state index in [0.29, 0.717) is 11.4 Å². The van der Waals surface area contributed by atoms with E-state index in [1.165, 1.54) is 13.3 Å². The zero-order chi connectivity index (χ0) is 19.9. The Morgan fingerprint density at radius 1 is 1.29 bits per heavy atom. The molecule has 0 saturated heterocycles. The Bertz CT molecular complexity index is 1110. The number of aromatic amines is 1. The van der Waals surface area contributed by atoms with Crippen LogP contribution in [0.1, 0.15) is 18.5 Å². The first kappa shape index (κ1) is 18.7. The SMILES string of the molecule is COc1cnc(C)c(S(=O)(=O)C[C@H]2C[C@@H](N(C)c3ncnc4[nH]ccc34)C2)c1. The van der Waals surface area contributed by atoms with Crippen LogP contribution < -0.4 is 9.64 Å². The largest absolute Gasteiger partial charge is 0.495 e. The maximum atomic E-state index is 12.9. The molecule has 1 fully saturated rings. The summed E-state index contributed by atoms with van der Waals surface area (Å²) < 4.78 is 30.9. The van der Waals surface area contributed by atoms with Crippen LogP contribution in [0.5, 0.6) is 5.75 Å². The third-order valence-electron chi connectivity index (χ3n) is 5.47. The standard InChI is InChI=1S/C19H23N5O3S/c1-12-17(8-15(27-3)9-21-12)28(25,26)10-13-6-14(7-13)24(2)19-16-4-5-20-18(16)22-11-23-19/h4-5,8-9,11,13-14H,6-7,10H2,1-3H3,(H,20,22,23)/t13-,14+. The van der Waals surface area contributed by atoms with Crippen LogP contribution in [0.4, 0.5) is 5.82 Å². The number of rotatable bonds is 6. The maximum absolute atomic E-state index is 12.9. The summed E-state index contributed by atoms with van der Waals surface area (Å²) in [7, 11) is 0.0892. The van der Waals surface area contributed by atoms with E-state index >= 15 is 0 Å². The third kappa shape index (κ3) is 3.30. The topological polar surface area (TPSA) is 101 Å². The molecule has 1 aliphatic rings. The molecule has 3 heterocycles. The minimum Gasteiger partial charge on any atom is -0.495 e. The Morgan fingerprint density at radius 3 is 2.82 bits per heavy atom. The van der Waals surface area contributed by atoms with Gasteiger partial charge in [0.15, 0.2) is 9.84 Å². The molecule has 28 heavy (non-hydrogen) atoms. The van der Waals surface area contributed by atoms with Crippen molar-refractivity contribution in [3.63, 3.8) is 0 Å². The zero-order valence-electron chi connectivity index (χ0n) is 16.1. The average molecular weight is 401 g/mol. The van der Waals surface area contributed by atoms with Crippen LogP contribution in [-0.4, -0.2) is 54.3 Å². The van der Waals surface area contributed by atoms with Crippen molar-refractivity contribution in [2.45, 2.75) is 30.7 Å². The van der Waals surface area contributed by atoms with Crippen molar-refractivity contribution in [2.75, 3.05) is 24.8 Å². The monoisotopic (exact) mass is 401 g/mol. The van der Waals surface area contributed by atoms with Gasteiger partial charge < -0.3 is 14.6 Å². The van der Waals surface area contributed by atoms with E-state index in [-0.39, 0.29) is 22.6 Å². The van der Waals surface area contributed by atoms with Gasteiger partial charge in [-0.15, -0.1) is 0 Å². The normalized spacial score (nSPS) is 19.4. The first-order valence-electron chi connectivity index (χ1n) is 9.13. The van der Waals surface area contributed by atoms with E-state index in [2.05, 4.69) is 24.8 Å². The fourth-order valence-corrected chi connectivity index (χ4v) is 5.66. The van der Waals surface area contributed by atoms with Crippen LogP contribution >= 0.6 is 0 Å². The van der Waals surface area contributed by atoms with Crippen LogP contribution in [0.2, 0.25) is 0 Å². The number of sulfone groups is 1. The number of nitrogens with zero attached hydrogens (tertiary/aromatic N) is 4. The molecule has 148 valence electrons. The summed E-state index contributed by atoms with van der Waals surface area (Å²) in [5, 5.41) is 0.971. The number of pyridine rings is 1. The highest BCUT2D eigenvalue weighted by molar-refractivity contribution is 7.91. The number of fused-ring (bicyclic) bond motifs is 1. The van der Waals surface area contributed by atoms with E-state index in [1.54, 1.807) is 19.3 Å². The van der Waals surface area contributed by atoms with Crippen molar-refractivity contribution in [1.29, 1.82) is 0 Å². The van der Waals surface area contributed by atoms with Gasteiger partial charge in [0.2, 0.25) is 0 Å². The summed E-state index contributed by atoms with van der Waals surface area (Å²) >= 11 is 0. The molecule has 0 amide bonds. The number of nitrogens with one attached hydrogen (secondary N) is 1. The second kappa shape index (κ2) is 7.05. The molecule has 3 aromatic heterocycles. The predicted molar refractivity (Wildman–Crippen MR) is 106 cm³/mol. The molecule has 3 aromatic rings. The van der Waals surface area contributed by atoms with Gasteiger partial charge in [0.05, 0.1) is 35.0 Å². The Balaban J connectivity index is 1.45. The van der Waals surface area contributed by atoms with Crippen molar-refractivity contribution in [3.8, 4) is 5.75 Å². The first-order valence-corrected chi connectivity index (χ1v) is 10.8. The molecule has 0 bridgehead atoms. The van der Waals surface area contributed by atoms with Gasteiger partial charge in [0.1, 0.15) is 23.5 Å². The number of hydrogen-bond donors (Lipinski definition) is 1. The summed E-state index contributed by atoms with van der Waals surface area (Å²) in [5.74, 6) is 1.56. The van der Waals surface area contributed by atoms with Crippen LogP contribution in [0, 0.1) is 12.8 Å². The average Bonchev–Trinajstić information content (AvgIpc) is 3.13. The Hall–Kier alpha value is -2.68. The molecular formula is C19H23N5O3S. The highest BCUT2D eigenvalue weighted by Gasteiger charge is 2.37. The molecule has 0 atom stereocenters. The molecule has 9 heteroatoms. The number of H-pyrrole nitrogens is 1. The predicted octanol–water partition coefficient (Wildman–Crippen LogP) is 2.36. The molecule has 4 rings (SSSR count). The molecule has 8 nitrogen and oxygen atoms in total. The number of aromatic nitrogens is 4. The summed E-state index contributed by atoms with van der Waals surface area (Å²) in [5.41, 5.74) is 1.31. The molecule has 0 aromatic carbocycles. The summed E-state index contributed by atoms with van der Waals surface area (Å²) in [4.78, 5) is 18.2. The summed E-state index contributed by atoms with van der Waals surface area (Å²) in [6.45, 7) is 1.71. The third-order valence-corrected chi connectivity index (χ3v) is 7.46. The van der Waals surface area contributed by atoms with E-state index in [9.17, 15) is 8.42 Å². The molecule has 0 radical (unpaired) electrons. The van der Waals surface area contributed by atoms with Crippen molar-refractivity contribution < 1.29 is 13.2 Å². The van der Waals surface area contributed by atoms with Gasteiger partial charge >= 0.3 is 0 Å². The summed E-state index contributed by atoms with van der Waals surface area (Å²) in [6.07, 6.45) is 6.54. The van der Waals surface area contributed by atoms with E-state index in [4.69, 9.17) is 4.74 Å². The molecular weight excluding hydrogens is 378 g/mol. The van der Waals surface area contributed by atoms with Crippen molar-refractivity contribution in [3.05, 3.63) is 36.5 Å². The Labute approximate surface area is 163 Å². The Morgan fingerprint density at radius 2 is 2.07 bits per heavy atom. The highest BCUT2D eigenvalue weighted by Crippen LogP contribution is 2.37. The van der Waals surface area contributed by atoms with Crippen LogP contribution in [-0.2, 0) is 9.84 Å². The minimum atomic E-state index is -3.41. The Kier molecular flexibility index (Phi) is 4.70. The van der Waals surface area contributed by atoms with Crippen LogP contribution in [0.15, 0.2) is 35.7 Å². The lowest BCUT2D eigenvalue weighted by molar-refractivity contribution is 0.282. The summed E-state index contributed by atoms with van der Waals surface area (Å²) in [6, 6.07) is 3.78. The highest BCUT2D eigenvalue weighted by atomic mass is 32.2. The molecule has 1 N–H and O–H groups in total. The van der Waals surface area contributed by atoms with Crippen molar-refractivity contribution in [1.82, 2.24) is 19.9 Å². The van der Waals surface area contributed by atoms with Gasteiger partial charge in [-0.25, -0.2) is 18.4 Å². The second-order valence-corrected chi connectivity index (χ2v) is 9.28. The van der Waals surface area contributed by atoms with Gasteiger partial charge in [0.25, 0.3) is 0 Å². The van der Waals surface area contributed by atoms with E-state index < -0.39 is 9.84 Å². The second-order valence-electron chi connectivity index (χ2n) is 7.28. The number of hydrogen-bond acceptors (Lipinski definition) is 7. The van der Waals surface area contributed by atoms with Gasteiger partial charge in [-0.1, -0.05) is 0 Å². The van der Waals surface area contributed by atoms with Gasteiger partial charge in [0, 0.05) is 25.4 Å². The van der Waals surface area contributed by atoms with Crippen LogP contribution in [0.25, 0.3) is 11.0 Å². The lowest BCUT2D eigenvalue weighted by atomic mass is 9.81. The molecule has 1 saturated carbocycles. The minimum absolute atomic E-state index is 0.117. The lowest BCUT2D eigenvalue weighted by Crippen LogP contribution is -2.45.